The summed E-state index contributed by atoms with van der Waals surface area (Å²) in [7, 11) is 1.74. The second-order valence-electron chi connectivity index (χ2n) is 6.87. The van der Waals surface area contributed by atoms with Gasteiger partial charge in [-0.1, -0.05) is 11.6 Å². The number of aryl methyl sites for hydroxylation is 1. The molecule has 0 aromatic carbocycles. The van der Waals surface area contributed by atoms with Gasteiger partial charge in [0.2, 0.25) is 0 Å². The highest BCUT2D eigenvalue weighted by molar-refractivity contribution is 9.10. The van der Waals surface area contributed by atoms with Gasteiger partial charge in [0, 0.05) is 7.05 Å². The maximum absolute atomic E-state index is 6.38. The average molecular weight is 436 g/mol. The Kier molecular flexibility index (Phi) is 6.33. The Morgan fingerprint density at radius 1 is 1.33 bits per heavy atom. The van der Waals surface area contributed by atoms with Crippen LogP contribution in [0.4, 0.5) is 0 Å². The molecule has 146 valence electrons. The second kappa shape index (κ2) is 8.71. The summed E-state index contributed by atoms with van der Waals surface area (Å²) < 4.78 is 8.45. The SMILES string of the molecule is Cc1nc(/C(N)=C(\Cn2cc(Br)nn2)N(C)N)ccc1OC1CCCCC1. The number of likely N-dealkylation sites (N-methyl/N-ethyl adjacent to an activating group) is 1. The van der Waals surface area contributed by atoms with Crippen LogP contribution in [0.1, 0.15) is 43.5 Å². The molecule has 1 aliphatic carbocycles. The van der Waals surface area contributed by atoms with E-state index in [1.165, 1.54) is 24.3 Å². The molecule has 0 radical (unpaired) electrons. The zero-order valence-corrected chi connectivity index (χ0v) is 17.3. The lowest BCUT2D eigenvalue weighted by molar-refractivity contribution is 0.153. The van der Waals surface area contributed by atoms with Crippen LogP contribution in [0.15, 0.2) is 28.6 Å². The van der Waals surface area contributed by atoms with E-state index in [4.69, 9.17) is 16.3 Å². The summed E-state index contributed by atoms with van der Waals surface area (Å²) in [5, 5.41) is 9.42. The normalized spacial score (nSPS) is 16.1. The number of allylic oxidation sites excluding steroid dienone is 1. The minimum atomic E-state index is 0.287. The molecular formula is C18H26BrN7O. The van der Waals surface area contributed by atoms with E-state index in [1.54, 1.807) is 17.9 Å². The molecule has 3 rings (SSSR count). The Labute approximate surface area is 167 Å². The van der Waals surface area contributed by atoms with Gasteiger partial charge in [-0.15, -0.1) is 5.10 Å². The van der Waals surface area contributed by atoms with E-state index in [1.807, 2.05) is 19.1 Å². The van der Waals surface area contributed by atoms with Gasteiger partial charge in [0.1, 0.15) is 10.4 Å². The summed E-state index contributed by atoms with van der Waals surface area (Å²) in [6.45, 7) is 2.33. The number of nitrogens with two attached hydrogens (primary N) is 2. The van der Waals surface area contributed by atoms with Crippen molar-refractivity contribution >= 4 is 21.6 Å². The first kappa shape index (κ1) is 19.6. The lowest BCUT2D eigenvalue weighted by Crippen LogP contribution is -2.30. The smallest absolute Gasteiger partial charge is 0.148 e. The molecule has 2 aromatic heterocycles. The van der Waals surface area contributed by atoms with Crippen LogP contribution in [-0.4, -0.2) is 38.1 Å². The number of hydrogen-bond donors (Lipinski definition) is 2. The molecule has 0 bridgehead atoms. The quantitative estimate of drug-likeness (QED) is 0.529. The Bertz CT molecular complexity index is 812. The molecule has 1 fully saturated rings. The van der Waals surface area contributed by atoms with Gasteiger partial charge in [-0.25, -0.2) is 15.5 Å². The molecule has 1 saturated carbocycles. The monoisotopic (exact) mass is 435 g/mol. The number of halogens is 1. The largest absolute Gasteiger partial charge is 0.489 e. The zero-order chi connectivity index (χ0) is 19.4. The van der Waals surface area contributed by atoms with E-state index in [-0.39, 0.29) is 6.10 Å². The van der Waals surface area contributed by atoms with Crippen LogP contribution in [0.5, 0.6) is 5.75 Å². The number of hydrogen-bond acceptors (Lipinski definition) is 7. The fourth-order valence-electron chi connectivity index (χ4n) is 3.23. The van der Waals surface area contributed by atoms with Crippen molar-refractivity contribution in [1.29, 1.82) is 0 Å². The number of pyridine rings is 1. The van der Waals surface area contributed by atoms with Crippen LogP contribution in [0, 0.1) is 6.92 Å². The molecule has 9 heteroatoms. The molecule has 27 heavy (non-hydrogen) atoms. The number of aromatic nitrogens is 4. The van der Waals surface area contributed by atoms with Gasteiger partial charge in [-0.2, -0.15) is 0 Å². The van der Waals surface area contributed by atoms with Crippen LogP contribution in [0.2, 0.25) is 0 Å². The van der Waals surface area contributed by atoms with Gasteiger partial charge in [0.25, 0.3) is 0 Å². The maximum Gasteiger partial charge on any atom is 0.148 e. The van der Waals surface area contributed by atoms with Crippen molar-refractivity contribution in [2.24, 2.45) is 11.6 Å². The Hall–Kier alpha value is -2.13. The maximum atomic E-state index is 6.38. The lowest BCUT2D eigenvalue weighted by atomic mass is 9.98. The molecule has 2 heterocycles. The number of hydrazine groups is 1. The Morgan fingerprint density at radius 3 is 2.67 bits per heavy atom. The number of nitrogens with zero attached hydrogens (tertiary/aromatic N) is 5. The van der Waals surface area contributed by atoms with Crippen molar-refractivity contribution in [3.63, 3.8) is 0 Å². The third-order valence-electron chi connectivity index (χ3n) is 4.72. The Morgan fingerprint density at radius 2 is 2.07 bits per heavy atom. The summed E-state index contributed by atoms with van der Waals surface area (Å²) in [5.74, 6) is 6.81. The van der Waals surface area contributed by atoms with Gasteiger partial charge in [-0.05, 0) is 60.7 Å². The summed E-state index contributed by atoms with van der Waals surface area (Å²) in [4.78, 5) is 4.64. The van der Waals surface area contributed by atoms with Crippen LogP contribution in [-0.2, 0) is 6.54 Å². The summed E-state index contributed by atoms with van der Waals surface area (Å²) in [5.41, 5.74) is 9.06. The molecular weight excluding hydrogens is 410 g/mol. The molecule has 2 aromatic rings. The van der Waals surface area contributed by atoms with Crippen molar-refractivity contribution in [2.75, 3.05) is 7.05 Å². The minimum absolute atomic E-state index is 0.287. The molecule has 4 N–H and O–H groups in total. The van der Waals surface area contributed by atoms with E-state index >= 15 is 0 Å². The predicted molar refractivity (Wildman–Crippen MR) is 107 cm³/mol. The predicted octanol–water partition coefficient (Wildman–Crippen LogP) is 2.59. The highest BCUT2D eigenvalue weighted by Crippen LogP contribution is 2.26. The van der Waals surface area contributed by atoms with Crippen LogP contribution < -0.4 is 16.3 Å². The highest BCUT2D eigenvalue weighted by atomic mass is 79.9. The first-order chi connectivity index (χ1) is 12.9. The first-order valence-electron chi connectivity index (χ1n) is 9.11. The van der Waals surface area contributed by atoms with Crippen LogP contribution in [0.25, 0.3) is 5.70 Å². The first-order valence-corrected chi connectivity index (χ1v) is 9.90. The topological polar surface area (TPSA) is 108 Å². The lowest BCUT2D eigenvalue weighted by Gasteiger charge is -2.24. The molecule has 1 aliphatic rings. The second-order valence-corrected chi connectivity index (χ2v) is 7.68. The van der Waals surface area contributed by atoms with Gasteiger partial charge < -0.3 is 15.5 Å². The van der Waals surface area contributed by atoms with Crippen molar-refractivity contribution in [2.45, 2.75) is 51.7 Å². The van der Waals surface area contributed by atoms with Crippen molar-refractivity contribution in [3.05, 3.63) is 40.0 Å². The van der Waals surface area contributed by atoms with E-state index in [9.17, 15) is 0 Å². The highest BCUT2D eigenvalue weighted by Gasteiger charge is 2.17. The summed E-state index contributed by atoms with van der Waals surface area (Å²) >= 11 is 3.29. The molecule has 0 spiro atoms. The third kappa shape index (κ3) is 4.98. The Balaban J connectivity index is 1.81. The zero-order valence-electron chi connectivity index (χ0n) is 15.7. The molecule has 0 unspecified atom stereocenters. The standard InChI is InChI=1S/C18H26BrN7O/c1-12-16(27-13-6-4-3-5-7-13)9-8-14(22-12)18(20)15(25(2)21)10-26-11-17(19)23-24-26/h8-9,11,13H,3-7,10,20-21H2,1-2H3/b18-15-. The van der Waals surface area contributed by atoms with E-state index < -0.39 is 0 Å². The van der Waals surface area contributed by atoms with Gasteiger partial charge in [0.15, 0.2) is 0 Å². The molecule has 0 aliphatic heterocycles. The van der Waals surface area contributed by atoms with Crippen molar-refractivity contribution in [1.82, 2.24) is 25.0 Å². The molecule has 0 atom stereocenters. The average Bonchev–Trinajstić information content (AvgIpc) is 3.06. The molecule has 8 nitrogen and oxygen atoms in total. The van der Waals surface area contributed by atoms with Gasteiger partial charge in [-0.3, -0.25) is 0 Å². The minimum Gasteiger partial charge on any atom is -0.489 e. The number of ether oxygens (including phenoxy) is 1. The molecule has 0 amide bonds. The van der Waals surface area contributed by atoms with E-state index in [2.05, 4.69) is 31.2 Å². The van der Waals surface area contributed by atoms with E-state index in [0.29, 0.717) is 28.2 Å². The van der Waals surface area contributed by atoms with Crippen molar-refractivity contribution in [3.8, 4) is 5.75 Å². The third-order valence-corrected chi connectivity index (χ3v) is 5.08. The fourth-order valence-corrected chi connectivity index (χ4v) is 3.53. The van der Waals surface area contributed by atoms with E-state index in [0.717, 1.165) is 24.3 Å². The van der Waals surface area contributed by atoms with Crippen molar-refractivity contribution < 1.29 is 4.74 Å². The fraction of sp³-hybridized carbons (Fsp3) is 0.500. The van der Waals surface area contributed by atoms with Gasteiger partial charge in [0.05, 0.1) is 41.6 Å². The number of rotatable bonds is 6. The summed E-state index contributed by atoms with van der Waals surface area (Å²) in [6.07, 6.45) is 8.03. The molecule has 0 saturated heterocycles. The van der Waals surface area contributed by atoms with Gasteiger partial charge >= 0.3 is 0 Å². The summed E-state index contributed by atoms with van der Waals surface area (Å²) in [6, 6.07) is 3.82. The van der Waals surface area contributed by atoms with Crippen LogP contribution >= 0.6 is 15.9 Å². The van der Waals surface area contributed by atoms with Crippen LogP contribution in [0.3, 0.4) is 0 Å².